The molecule has 0 saturated heterocycles. The monoisotopic (exact) mass is 318 g/mol. The van der Waals surface area contributed by atoms with Gasteiger partial charge in [0.1, 0.15) is 17.5 Å². The van der Waals surface area contributed by atoms with Crippen molar-refractivity contribution in [1.82, 2.24) is 19.7 Å². The first-order valence-corrected chi connectivity index (χ1v) is 7.21. The maximum Gasteiger partial charge on any atom is 0.275 e. The summed E-state index contributed by atoms with van der Waals surface area (Å²) < 4.78 is 1.60. The van der Waals surface area contributed by atoms with E-state index in [0.717, 1.165) is 11.1 Å². The van der Waals surface area contributed by atoms with E-state index < -0.39 is 0 Å². The molecule has 7 heteroatoms. The predicted molar refractivity (Wildman–Crippen MR) is 88.1 cm³/mol. The van der Waals surface area contributed by atoms with Crippen molar-refractivity contribution < 1.29 is 4.79 Å². The minimum absolute atomic E-state index is 0.283. The van der Waals surface area contributed by atoms with Gasteiger partial charge in [-0.15, -0.1) is 0 Å². The SMILES string of the molecule is Cc1cc(-c2ccnc(C#N)c2)cc(C(=O)Nc2ccn(C)n2)n1. The zero-order chi connectivity index (χ0) is 17.1. The quantitative estimate of drug-likeness (QED) is 0.799. The Labute approximate surface area is 138 Å². The lowest BCUT2D eigenvalue weighted by atomic mass is 10.0. The second-order valence-corrected chi connectivity index (χ2v) is 5.25. The number of pyridine rings is 2. The molecular weight excluding hydrogens is 304 g/mol. The van der Waals surface area contributed by atoms with Crippen LogP contribution in [-0.4, -0.2) is 25.7 Å². The second kappa shape index (κ2) is 6.30. The zero-order valence-electron chi connectivity index (χ0n) is 13.2. The average molecular weight is 318 g/mol. The van der Waals surface area contributed by atoms with E-state index in [2.05, 4.69) is 20.4 Å². The number of nitrogens with zero attached hydrogens (tertiary/aromatic N) is 5. The van der Waals surface area contributed by atoms with Crippen LogP contribution < -0.4 is 5.32 Å². The number of rotatable bonds is 3. The van der Waals surface area contributed by atoms with Gasteiger partial charge in [-0.25, -0.2) is 9.97 Å². The molecule has 3 rings (SSSR count). The third kappa shape index (κ3) is 3.28. The molecule has 0 aliphatic carbocycles. The summed E-state index contributed by atoms with van der Waals surface area (Å²) in [6.07, 6.45) is 3.31. The first kappa shape index (κ1) is 15.4. The smallest absolute Gasteiger partial charge is 0.275 e. The highest BCUT2D eigenvalue weighted by Gasteiger charge is 2.12. The van der Waals surface area contributed by atoms with E-state index in [4.69, 9.17) is 5.26 Å². The van der Waals surface area contributed by atoms with Gasteiger partial charge in [-0.3, -0.25) is 9.48 Å². The molecule has 0 saturated carbocycles. The number of aromatic nitrogens is 4. The van der Waals surface area contributed by atoms with Crippen LogP contribution in [0.3, 0.4) is 0 Å². The van der Waals surface area contributed by atoms with Gasteiger partial charge < -0.3 is 5.32 Å². The molecule has 7 nitrogen and oxygen atoms in total. The van der Waals surface area contributed by atoms with Crippen molar-refractivity contribution in [3.8, 4) is 17.2 Å². The second-order valence-electron chi connectivity index (χ2n) is 5.25. The summed E-state index contributed by atoms with van der Waals surface area (Å²) in [7, 11) is 1.77. The van der Waals surface area contributed by atoms with E-state index >= 15 is 0 Å². The third-order valence-corrected chi connectivity index (χ3v) is 3.35. The molecule has 0 unspecified atom stereocenters. The lowest BCUT2D eigenvalue weighted by Gasteiger charge is -2.07. The van der Waals surface area contributed by atoms with Gasteiger partial charge in [-0.1, -0.05) is 0 Å². The van der Waals surface area contributed by atoms with Crippen molar-refractivity contribution in [3.05, 3.63) is 59.8 Å². The van der Waals surface area contributed by atoms with Crippen LogP contribution >= 0.6 is 0 Å². The van der Waals surface area contributed by atoms with E-state index in [1.165, 1.54) is 0 Å². The molecule has 1 N–H and O–H groups in total. The van der Waals surface area contributed by atoms with Crippen LogP contribution in [0.15, 0.2) is 42.7 Å². The molecule has 0 spiro atoms. The molecule has 1 amide bonds. The number of nitriles is 1. The molecule has 3 heterocycles. The van der Waals surface area contributed by atoms with Gasteiger partial charge in [0.2, 0.25) is 0 Å². The third-order valence-electron chi connectivity index (χ3n) is 3.35. The minimum atomic E-state index is -0.340. The molecule has 24 heavy (non-hydrogen) atoms. The predicted octanol–water partition coefficient (Wildman–Crippen LogP) is 2.31. The van der Waals surface area contributed by atoms with Gasteiger partial charge in [-0.2, -0.15) is 10.4 Å². The summed E-state index contributed by atoms with van der Waals surface area (Å²) in [5.74, 6) is 0.122. The maximum atomic E-state index is 12.4. The number of hydrogen-bond acceptors (Lipinski definition) is 5. The van der Waals surface area contributed by atoms with E-state index in [0.29, 0.717) is 17.2 Å². The Hall–Kier alpha value is -3.53. The fraction of sp³-hybridized carbons (Fsp3) is 0.118. The number of aryl methyl sites for hydroxylation is 2. The highest BCUT2D eigenvalue weighted by atomic mass is 16.1. The Kier molecular flexibility index (Phi) is 4.03. The van der Waals surface area contributed by atoms with Gasteiger partial charge >= 0.3 is 0 Å². The standard InChI is InChI=1S/C17H14N6O/c1-11-7-13(12-3-5-19-14(8-12)10-18)9-15(20-11)17(24)21-16-4-6-23(2)22-16/h3-9H,1-2H3,(H,21,22,24). The summed E-state index contributed by atoms with van der Waals surface area (Å²) in [5.41, 5.74) is 2.91. The molecular formula is C17H14N6O. The van der Waals surface area contributed by atoms with Gasteiger partial charge in [-0.05, 0) is 42.3 Å². The van der Waals surface area contributed by atoms with Gasteiger partial charge in [0.25, 0.3) is 5.91 Å². The van der Waals surface area contributed by atoms with Crippen molar-refractivity contribution in [2.75, 3.05) is 5.32 Å². The van der Waals surface area contributed by atoms with Crippen LogP contribution in [0, 0.1) is 18.3 Å². The van der Waals surface area contributed by atoms with Crippen LogP contribution in [0.25, 0.3) is 11.1 Å². The Morgan fingerprint density at radius 1 is 1.25 bits per heavy atom. The molecule has 0 fully saturated rings. The first-order chi connectivity index (χ1) is 11.5. The number of amides is 1. The number of nitrogens with one attached hydrogen (secondary N) is 1. The van der Waals surface area contributed by atoms with E-state index in [9.17, 15) is 4.79 Å². The largest absolute Gasteiger partial charge is 0.304 e. The number of carbonyl (C=O) groups excluding carboxylic acids is 1. The summed E-state index contributed by atoms with van der Waals surface area (Å²) >= 11 is 0. The van der Waals surface area contributed by atoms with Crippen molar-refractivity contribution in [2.45, 2.75) is 6.92 Å². The molecule has 0 aromatic carbocycles. The van der Waals surface area contributed by atoms with E-state index in [1.807, 2.05) is 19.1 Å². The van der Waals surface area contributed by atoms with Crippen molar-refractivity contribution in [1.29, 1.82) is 5.26 Å². The molecule has 0 radical (unpaired) electrons. The Morgan fingerprint density at radius 3 is 2.79 bits per heavy atom. The molecule has 0 aliphatic heterocycles. The summed E-state index contributed by atoms with van der Waals surface area (Å²) in [6.45, 7) is 1.81. The van der Waals surface area contributed by atoms with Crippen molar-refractivity contribution in [3.63, 3.8) is 0 Å². The summed E-state index contributed by atoms with van der Waals surface area (Å²) in [5, 5.41) is 15.8. The zero-order valence-corrected chi connectivity index (χ0v) is 13.2. The van der Waals surface area contributed by atoms with Crippen molar-refractivity contribution >= 4 is 11.7 Å². The van der Waals surface area contributed by atoms with E-state index in [1.54, 1.807) is 48.4 Å². The Morgan fingerprint density at radius 2 is 2.08 bits per heavy atom. The first-order valence-electron chi connectivity index (χ1n) is 7.21. The normalized spacial score (nSPS) is 10.2. The van der Waals surface area contributed by atoms with Gasteiger partial charge in [0, 0.05) is 31.2 Å². The van der Waals surface area contributed by atoms with Crippen LogP contribution in [-0.2, 0) is 7.05 Å². The van der Waals surface area contributed by atoms with Crippen molar-refractivity contribution in [2.24, 2.45) is 7.05 Å². The van der Waals surface area contributed by atoms with Gasteiger partial charge in [0.05, 0.1) is 0 Å². The highest BCUT2D eigenvalue weighted by Crippen LogP contribution is 2.21. The van der Waals surface area contributed by atoms with Gasteiger partial charge in [0.15, 0.2) is 5.82 Å². The topological polar surface area (TPSA) is 96.5 Å². The number of carbonyl (C=O) groups is 1. The molecule has 3 aromatic heterocycles. The van der Waals surface area contributed by atoms with Crippen LogP contribution in [0.2, 0.25) is 0 Å². The molecule has 3 aromatic rings. The summed E-state index contributed by atoms with van der Waals surface area (Å²) in [4.78, 5) is 20.6. The number of hydrogen-bond donors (Lipinski definition) is 1. The number of anilines is 1. The molecule has 118 valence electrons. The molecule has 0 bridgehead atoms. The lowest BCUT2D eigenvalue weighted by molar-refractivity contribution is 0.102. The Balaban J connectivity index is 1.93. The fourth-order valence-corrected chi connectivity index (χ4v) is 2.28. The van der Waals surface area contributed by atoms with Crippen LogP contribution in [0.1, 0.15) is 21.9 Å². The molecule has 0 aliphatic rings. The van der Waals surface area contributed by atoms with E-state index in [-0.39, 0.29) is 11.6 Å². The molecule has 0 atom stereocenters. The minimum Gasteiger partial charge on any atom is -0.304 e. The maximum absolute atomic E-state index is 12.4. The highest BCUT2D eigenvalue weighted by molar-refractivity contribution is 6.03. The fourth-order valence-electron chi connectivity index (χ4n) is 2.28. The average Bonchev–Trinajstić information content (AvgIpc) is 2.99. The van der Waals surface area contributed by atoms with Crippen LogP contribution in [0.5, 0.6) is 0 Å². The summed E-state index contributed by atoms with van der Waals surface area (Å²) in [6, 6.07) is 10.7. The van der Waals surface area contributed by atoms with Crippen LogP contribution in [0.4, 0.5) is 5.82 Å². The Bertz CT molecular complexity index is 954. The lowest BCUT2D eigenvalue weighted by Crippen LogP contribution is -2.15.